The van der Waals surface area contributed by atoms with Gasteiger partial charge in [-0.25, -0.2) is 0 Å². The van der Waals surface area contributed by atoms with E-state index in [1.807, 2.05) is 0 Å². The fourth-order valence-electron chi connectivity index (χ4n) is 2.52. The molecule has 1 aromatic heterocycles. The molecule has 0 aromatic carbocycles. The second-order valence-corrected chi connectivity index (χ2v) is 5.36. The van der Waals surface area contributed by atoms with Crippen LogP contribution in [0.5, 0.6) is 0 Å². The van der Waals surface area contributed by atoms with Crippen LogP contribution in [0.4, 0.5) is 0 Å². The van der Waals surface area contributed by atoms with Crippen molar-refractivity contribution in [1.82, 2.24) is 9.78 Å². The van der Waals surface area contributed by atoms with Gasteiger partial charge in [0, 0.05) is 24.7 Å². The summed E-state index contributed by atoms with van der Waals surface area (Å²) in [5.74, 6) is 1.54. The number of nitrogens with two attached hydrogens (primary N) is 1. The highest BCUT2D eigenvalue weighted by Crippen LogP contribution is 2.38. The van der Waals surface area contributed by atoms with Gasteiger partial charge in [0.05, 0.1) is 5.69 Å². The molecule has 2 N–H and O–H groups in total. The van der Waals surface area contributed by atoms with Gasteiger partial charge in [0.25, 0.3) is 0 Å². The van der Waals surface area contributed by atoms with Crippen LogP contribution < -0.4 is 5.73 Å². The van der Waals surface area contributed by atoms with Crippen LogP contribution in [-0.4, -0.2) is 15.8 Å². The number of hydrogen-bond acceptors (Lipinski definition) is 2. The van der Waals surface area contributed by atoms with Crippen LogP contribution in [0, 0.1) is 11.8 Å². The molecule has 0 aliphatic heterocycles. The summed E-state index contributed by atoms with van der Waals surface area (Å²) in [6.45, 7) is 7.54. The van der Waals surface area contributed by atoms with Gasteiger partial charge in [-0.2, -0.15) is 5.10 Å². The van der Waals surface area contributed by atoms with Crippen LogP contribution in [0.1, 0.15) is 45.0 Å². The third kappa shape index (κ3) is 2.89. The quantitative estimate of drug-likeness (QED) is 0.822. The molecule has 0 bridgehead atoms. The van der Waals surface area contributed by atoms with Crippen molar-refractivity contribution < 1.29 is 0 Å². The van der Waals surface area contributed by atoms with Gasteiger partial charge in [0.15, 0.2) is 0 Å². The second kappa shape index (κ2) is 5.21. The monoisotopic (exact) mass is 235 g/mol. The Morgan fingerprint density at radius 3 is 2.71 bits per heavy atom. The third-order valence-electron chi connectivity index (χ3n) is 4.06. The maximum atomic E-state index is 6.32. The third-order valence-corrected chi connectivity index (χ3v) is 4.06. The lowest BCUT2D eigenvalue weighted by Crippen LogP contribution is -2.32. The fourth-order valence-corrected chi connectivity index (χ4v) is 2.52. The van der Waals surface area contributed by atoms with Gasteiger partial charge in [0.2, 0.25) is 0 Å². The largest absolute Gasteiger partial charge is 0.327 e. The molecule has 96 valence electrons. The summed E-state index contributed by atoms with van der Waals surface area (Å²) in [6.07, 6.45) is 4.73. The number of hydrogen-bond donors (Lipinski definition) is 1. The van der Waals surface area contributed by atoms with Gasteiger partial charge in [-0.3, -0.25) is 4.68 Å². The highest BCUT2D eigenvalue weighted by atomic mass is 15.3. The maximum absolute atomic E-state index is 6.32. The molecular formula is C14H25N3. The number of aryl methyl sites for hydroxylation is 2. The summed E-state index contributed by atoms with van der Waals surface area (Å²) >= 11 is 0. The van der Waals surface area contributed by atoms with E-state index >= 15 is 0 Å². The molecule has 2 rings (SSSR count). The lowest BCUT2D eigenvalue weighted by Gasteiger charge is -2.19. The Hall–Kier alpha value is -0.830. The standard InChI is InChI=1S/C14H25N3/c1-4-12-8-13(17(5-2)16-12)9-14(15)10(3)11-6-7-11/h8,10-11,14H,4-7,9,15H2,1-3H3. The Balaban J connectivity index is 2.03. The molecule has 0 radical (unpaired) electrons. The molecule has 1 aliphatic rings. The van der Waals surface area contributed by atoms with Gasteiger partial charge >= 0.3 is 0 Å². The van der Waals surface area contributed by atoms with Crippen LogP contribution in [0.25, 0.3) is 0 Å². The Bertz CT molecular complexity index is 366. The minimum Gasteiger partial charge on any atom is -0.327 e. The normalized spacial score (nSPS) is 19.3. The first-order valence-corrected chi connectivity index (χ1v) is 6.96. The number of rotatable bonds is 6. The van der Waals surface area contributed by atoms with Crippen molar-refractivity contribution in [3.63, 3.8) is 0 Å². The summed E-state index contributed by atoms with van der Waals surface area (Å²) in [5.41, 5.74) is 8.82. The first-order chi connectivity index (χ1) is 8.15. The molecule has 1 saturated carbocycles. The van der Waals surface area contributed by atoms with Crippen LogP contribution in [0.3, 0.4) is 0 Å². The lowest BCUT2D eigenvalue weighted by molar-refractivity contribution is 0.396. The molecule has 1 heterocycles. The molecule has 1 aliphatic carbocycles. The molecular weight excluding hydrogens is 210 g/mol. The summed E-state index contributed by atoms with van der Waals surface area (Å²) < 4.78 is 2.11. The van der Waals surface area contributed by atoms with E-state index in [1.54, 1.807) is 0 Å². The van der Waals surface area contributed by atoms with Crippen LogP contribution in [0.15, 0.2) is 6.07 Å². The Morgan fingerprint density at radius 1 is 1.47 bits per heavy atom. The summed E-state index contributed by atoms with van der Waals surface area (Å²) in [6, 6.07) is 2.51. The first-order valence-electron chi connectivity index (χ1n) is 6.96. The van der Waals surface area contributed by atoms with E-state index in [4.69, 9.17) is 5.73 Å². The molecule has 1 fully saturated rings. The topological polar surface area (TPSA) is 43.8 Å². The summed E-state index contributed by atoms with van der Waals surface area (Å²) in [5, 5.41) is 4.58. The Morgan fingerprint density at radius 2 is 2.18 bits per heavy atom. The Kier molecular flexibility index (Phi) is 3.87. The van der Waals surface area contributed by atoms with Gasteiger partial charge in [0.1, 0.15) is 0 Å². The second-order valence-electron chi connectivity index (χ2n) is 5.36. The SMILES string of the molecule is CCc1cc(CC(N)C(C)C2CC2)n(CC)n1. The zero-order valence-electron chi connectivity index (χ0n) is 11.3. The average Bonchev–Trinajstić information content (AvgIpc) is 3.10. The molecule has 0 spiro atoms. The van der Waals surface area contributed by atoms with Crippen molar-refractivity contribution in [2.24, 2.45) is 17.6 Å². The molecule has 1 aromatic rings. The van der Waals surface area contributed by atoms with E-state index in [1.165, 1.54) is 24.2 Å². The smallest absolute Gasteiger partial charge is 0.0624 e. The van der Waals surface area contributed by atoms with Crippen molar-refractivity contribution >= 4 is 0 Å². The zero-order valence-corrected chi connectivity index (χ0v) is 11.3. The van der Waals surface area contributed by atoms with Crippen LogP contribution in [-0.2, 0) is 19.4 Å². The predicted molar refractivity (Wildman–Crippen MR) is 70.8 cm³/mol. The lowest BCUT2D eigenvalue weighted by atomic mass is 9.93. The van der Waals surface area contributed by atoms with Gasteiger partial charge in [-0.15, -0.1) is 0 Å². The molecule has 2 atom stereocenters. The van der Waals surface area contributed by atoms with E-state index in [-0.39, 0.29) is 6.04 Å². The van der Waals surface area contributed by atoms with E-state index in [0.29, 0.717) is 5.92 Å². The number of aromatic nitrogens is 2. The minimum absolute atomic E-state index is 0.286. The van der Waals surface area contributed by atoms with E-state index in [2.05, 4.69) is 36.6 Å². The maximum Gasteiger partial charge on any atom is 0.0624 e. The highest BCUT2D eigenvalue weighted by molar-refractivity contribution is 5.12. The number of nitrogens with zero attached hydrogens (tertiary/aromatic N) is 2. The van der Waals surface area contributed by atoms with Crippen LogP contribution in [0.2, 0.25) is 0 Å². The first kappa shape index (κ1) is 12.6. The molecule has 17 heavy (non-hydrogen) atoms. The van der Waals surface area contributed by atoms with Crippen molar-refractivity contribution in [2.75, 3.05) is 0 Å². The zero-order chi connectivity index (χ0) is 12.4. The van der Waals surface area contributed by atoms with Crippen LogP contribution >= 0.6 is 0 Å². The van der Waals surface area contributed by atoms with E-state index < -0.39 is 0 Å². The minimum atomic E-state index is 0.286. The summed E-state index contributed by atoms with van der Waals surface area (Å²) in [7, 11) is 0. The van der Waals surface area contributed by atoms with Gasteiger partial charge < -0.3 is 5.73 Å². The summed E-state index contributed by atoms with van der Waals surface area (Å²) in [4.78, 5) is 0. The highest BCUT2D eigenvalue weighted by Gasteiger charge is 2.32. The van der Waals surface area contributed by atoms with Gasteiger partial charge in [-0.05, 0) is 44.1 Å². The van der Waals surface area contributed by atoms with Crippen molar-refractivity contribution in [3.8, 4) is 0 Å². The predicted octanol–water partition coefficient (Wildman–Crippen LogP) is 2.38. The van der Waals surface area contributed by atoms with Crippen molar-refractivity contribution in [3.05, 3.63) is 17.5 Å². The van der Waals surface area contributed by atoms with Gasteiger partial charge in [-0.1, -0.05) is 13.8 Å². The van der Waals surface area contributed by atoms with Crippen molar-refractivity contribution in [1.29, 1.82) is 0 Å². The molecule has 0 amide bonds. The molecule has 2 unspecified atom stereocenters. The molecule has 3 heteroatoms. The van der Waals surface area contributed by atoms with E-state index in [0.717, 1.165) is 25.3 Å². The molecule has 3 nitrogen and oxygen atoms in total. The average molecular weight is 235 g/mol. The molecule has 0 saturated heterocycles. The Labute approximate surface area is 104 Å². The fraction of sp³-hybridized carbons (Fsp3) is 0.786. The van der Waals surface area contributed by atoms with Crippen molar-refractivity contribution in [2.45, 2.75) is 59.0 Å². The van der Waals surface area contributed by atoms with E-state index in [9.17, 15) is 0 Å².